The fourth-order valence-electron chi connectivity index (χ4n) is 5.02. The average molecular weight is 484 g/mol. The molecule has 2 saturated heterocycles. The largest absolute Gasteiger partial charge is 0.352 e. The average Bonchev–Trinajstić information content (AvgIpc) is 3.37. The van der Waals surface area contributed by atoms with Crippen LogP contribution in [0.3, 0.4) is 0 Å². The Kier molecular flexibility index (Phi) is 8.75. The van der Waals surface area contributed by atoms with Crippen LogP contribution in [0.25, 0.3) is 0 Å². The third kappa shape index (κ3) is 6.90. The van der Waals surface area contributed by atoms with Gasteiger partial charge in [-0.05, 0) is 68.3 Å². The highest BCUT2D eigenvalue weighted by Crippen LogP contribution is 2.22. The van der Waals surface area contributed by atoms with Crippen LogP contribution in [-0.2, 0) is 34.3 Å². The number of hydrogen-bond acceptors (Lipinski definition) is 4. The zero-order valence-electron chi connectivity index (χ0n) is 20.0. The zero-order chi connectivity index (χ0) is 23.8. The lowest BCUT2D eigenvalue weighted by Crippen LogP contribution is -2.43. The van der Waals surface area contributed by atoms with Gasteiger partial charge in [0, 0.05) is 32.1 Å². The quantitative estimate of drug-likeness (QED) is 0.561. The van der Waals surface area contributed by atoms with Crippen molar-refractivity contribution in [3.63, 3.8) is 0 Å². The minimum Gasteiger partial charge on any atom is -0.352 e. The molecule has 7 heteroatoms. The van der Waals surface area contributed by atoms with Gasteiger partial charge >= 0.3 is 0 Å². The van der Waals surface area contributed by atoms with Gasteiger partial charge < -0.3 is 5.32 Å². The van der Waals surface area contributed by atoms with E-state index in [-0.39, 0.29) is 17.6 Å². The molecule has 6 nitrogen and oxygen atoms in total. The van der Waals surface area contributed by atoms with Crippen LogP contribution in [0, 0.1) is 5.92 Å². The van der Waals surface area contributed by atoms with Gasteiger partial charge in [0.2, 0.25) is 15.9 Å². The minimum absolute atomic E-state index is 0.0390. The number of carbonyl (C=O) groups excluding carboxylic acids is 1. The summed E-state index contributed by atoms with van der Waals surface area (Å²) in [5.41, 5.74) is 3.61. The molecule has 2 fully saturated rings. The van der Waals surface area contributed by atoms with Crippen LogP contribution in [0.5, 0.6) is 0 Å². The summed E-state index contributed by atoms with van der Waals surface area (Å²) in [4.78, 5) is 15.3. The van der Waals surface area contributed by atoms with E-state index in [0.29, 0.717) is 38.9 Å². The van der Waals surface area contributed by atoms with Gasteiger partial charge in [0.05, 0.1) is 5.75 Å². The number of amides is 1. The van der Waals surface area contributed by atoms with Gasteiger partial charge in [-0.2, -0.15) is 0 Å². The summed E-state index contributed by atoms with van der Waals surface area (Å²) < 4.78 is 27.1. The molecule has 1 amide bonds. The second kappa shape index (κ2) is 12.0. The van der Waals surface area contributed by atoms with Crippen molar-refractivity contribution < 1.29 is 13.2 Å². The number of nitrogens with one attached hydrogen (secondary N) is 1. The lowest BCUT2D eigenvalue weighted by Gasteiger charge is -2.30. The standard InChI is InChI=1S/C27H37N3O3S/c31-27(28-21-25-12-4-5-13-26(25)22-29-16-6-7-17-29)24-14-18-30(19-15-24)34(32,33)20-8-11-23-9-2-1-3-10-23/h1-5,9-10,12-13,24H,6-8,11,14-22H2,(H,28,31). The van der Waals surface area contributed by atoms with Crippen molar-refractivity contribution in [3.05, 3.63) is 71.3 Å². The van der Waals surface area contributed by atoms with Gasteiger partial charge in [-0.3, -0.25) is 9.69 Å². The van der Waals surface area contributed by atoms with E-state index < -0.39 is 10.0 Å². The molecule has 1 N–H and O–H groups in total. The number of rotatable bonds is 10. The monoisotopic (exact) mass is 483 g/mol. The first-order valence-corrected chi connectivity index (χ1v) is 14.2. The van der Waals surface area contributed by atoms with Crippen LogP contribution in [0.4, 0.5) is 0 Å². The predicted molar refractivity (Wildman–Crippen MR) is 136 cm³/mol. The van der Waals surface area contributed by atoms with Gasteiger partial charge in [0.15, 0.2) is 0 Å². The van der Waals surface area contributed by atoms with E-state index in [9.17, 15) is 13.2 Å². The first kappa shape index (κ1) is 24.9. The molecule has 0 aromatic heterocycles. The third-order valence-corrected chi connectivity index (χ3v) is 9.05. The van der Waals surface area contributed by atoms with Crippen LogP contribution in [0.1, 0.15) is 48.8 Å². The molecule has 2 aliphatic heterocycles. The van der Waals surface area contributed by atoms with Crippen molar-refractivity contribution in [1.29, 1.82) is 0 Å². The maximum atomic E-state index is 12.8. The molecule has 0 bridgehead atoms. The lowest BCUT2D eigenvalue weighted by atomic mass is 9.97. The highest BCUT2D eigenvalue weighted by Gasteiger charge is 2.30. The Labute approximate surface area is 204 Å². The number of hydrogen-bond donors (Lipinski definition) is 1. The molecule has 2 heterocycles. The molecule has 0 aliphatic carbocycles. The lowest BCUT2D eigenvalue weighted by molar-refractivity contribution is -0.126. The Bertz CT molecular complexity index is 1030. The van der Waals surface area contributed by atoms with Crippen molar-refractivity contribution in [2.75, 3.05) is 31.9 Å². The normalized spacial score (nSPS) is 18.2. The number of benzene rings is 2. The zero-order valence-corrected chi connectivity index (χ0v) is 20.8. The van der Waals surface area contributed by atoms with Crippen molar-refractivity contribution in [3.8, 4) is 0 Å². The van der Waals surface area contributed by atoms with E-state index in [0.717, 1.165) is 31.6 Å². The van der Waals surface area contributed by atoms with Crippen molar-refractivity contribution in [1.82, 2.24) is 14.5 Å². The summed E-state index contributed by atoms with van der Waals surface area (Å²) in [6.45, 7) is 4.62. The molecule has 2 aromatic carbocycles. The van der Waals surface area contributed by atoms with Crippen molar-refractivity contribution >= 4 is 15.9 Å². The SMILES string of the molecule is O=C(NCc1ccccc1CN1CCCC1)C1CCN(S(=O)(=O)CCCc2ccccc2)CC1. The van der Waals surface area contributed by atoms with Crippen molar-refractivity contribution in [2.45, 2.75) is 51.6 Å². The van der Waals surface area contributed by atoms with Gasteiger partial charge in [0.1, 0.15) is 0 Å². The highest BCUT2D eigenvalue weighted by atomic mass is 32.2. The summed E-state index contributed by atoms with van der Waals surface area (Å²) >= 11 is 0. The maximum absolute atomic E-state index is 12.8. The predicted octanol–water partition coefficient (Wildman–Crippen LogP) is 3.57. The molecule has 184 valence electrons. The molecular formula is C27H37N3O3S. The third-order valence-electron chi connectivity index (χ3n) is 7.09. The molecule has 2 aromatic rings. The molecule has 0 unspecified atom stereocenters. The van der Waals surface area contributed by atoms with E-state index in [4.69, 9.17) is 0 Å². The second-order valence-electron chi connectivity index (χ2n) is 9.55. The first-order chi connectivity index (χ1) is 16.5. The summed E-state index contributed by atoms with van der Waals surface area (Å²) in [6, 6.07) is 18.3. The number of nitrogens with zero attached hydrogens (tertiary/aromatic N) is 2. The molecular weight excluding hydrogens is 446 g/mol. The van der Waals surface area contributed by atoms with E-state index in [1.165, 1.54) is 24.0 Å². The van der Waals surface area contributed by atoms with Crippen LogP contribution in [0.15, 0.2) is 54.6 Å². The van der Waals surface area contributed by atoms with Crippen LogP contribution in [-0.4, -0.2) is 55.5 Å². The number of piperidine rings is 1. The Morgan fingerprint density at radius 1 is 0.882 bits per heavy atom. The van der Waals surface area contributed by atoms with Crippen LogP contribution in [0.2, 0.25) is 0 Å². The summed E-state index contributed by atoms with van der Waals surface area (Å²) in [6.07, 6.45) is 5.07. The molecule has 0 atom stereocenters. The van der Waals surface area contributed by atoms with E-state index in [1.54, 1.807) is 4.31 Å². The fraction of sp³-hybridized carbons (Fsp3) is 0.519. The second-order valence-corrected chi connectivity index (χ2v) is 11.6. The molecule has 0 radical (unpaired) electrons. The van der Waals surface area contributed by atoms with E-state index >= 15 is 0 Å². The van der Waals surface area contributed by atoms with Crippen LogP contribution >= 0.6 is 0 Å². The summed E-state index contributed by atoms with van der Waals surface area (Å²) in [5.74, 6) is 0.0747. The molecule has 0 spiro atoms. The smallest absolute Gasteiger partial charge is 0.223 e. The number of aryl methyl sites for hydroxylation is 1. The minimum atomic E-state index is -3.28. The molecule has 2 aliphatic rings. The van der Waals surface area contributed by atoms with Gasteiger partial charge in [0.25, 0.3) is 0 Å². The number of likely N-dealkylation sites (tertiary alicyclic amines) is 1. The molecule has 4 rings (SSSR count). The van der Waals surface area contributed by atoms with Gasteiger partial charge in [-0.25, -0.2) is 12.7 Å². The fourth-order valence-corrected chi connectivity index (χ4v) is 6.56. The Morgan fingerprint density at radius 2 is 1.53 bits per heavy atom. The van der Waals surface area contributed by atoms with Gasteiger partial charge in [-0.15, -0.1) is 0 Å². The number of carbonyl (C=O) groups is 1. The van der Waals surface area contributed by atoms with E-state index in [2.05, 4.69) is 28.4 Å². The van der Waals surface area contributed by atoms with Crippen molar-refractivity contribution in [2.24, 2.45) is 5.92 Å². The molecule has 34 heavy (non-hydrogen) atoms. The topological polar surface area (TPSA) is 69.7 Å². The summed E-state index contributed by atoms with van der Waals surface area (Å²) in [5, 5.41) is 3.11. The Balaban J connectivity index is 1.21. The summed E-state index contributed by atoms with van der Waals surface area (Å²) in [7, 11) is -3.28. The number of sulfonamides is 1. The Morgan fingerprint density at radius 3 is 2.24 bits per heavy atom. The van der Waals surface area contributed by atoms with E-state index in [1.807, 2.05) is 36.4 Å². The van der Waals surface area contributed by atoms with Gasteiger partial charge in [-0.1, -0.05) is 54.6 Å². The highest BCUT2D eigenvalue weighted by molar-refractivity contribution is 7.89. The Hall–Kier alpha value is -2.22. The molecule has 0 saturated carbocycles. The van der Waals surface area contributed by atoms with Crippen LogP contribution < -0.4 is 5.32 Å². The first-order valence-electron chi connectivity index (χ1n) is 12.6. The maximum Gasteiger partial charge on any atom is 0.223 e.